The van der Waals surface area contributed by atoms with Crippen LogP contribution in [0.15, 0.2) is 36.4 Å². The highest BCUT2D eigenvalue weighted by Crippen LogP contribution is 2.32. The zero-order valence-corrected chi connectivity index (χ0v) is 11.7. The van der Waals surface area contributed by atoms with Crippen LogP contribution in [0, 0.1) is 11.6 Å². The van der Waals surface area contributed by atoms with Crippen molar-refractivity contribution < 1.29 is 18.3 Å². The summed E-state index contributed by atoms with van der Waals surface area (Å²) in [5, 5.41) is 0. The first-order chi connectivity index (χ1) is 10.1. The van der Waals surface area contributed by atoms with Crippen molar-refractivity contribution >= 4 is 0 Å². The maximum Gasteiger partial charge on any atom is 0.165 e. The second kappa shape index (κ2) is 6.51. The predicted octanol–water partition coefficient (Wildman–Crippen LogP) is 2.53. The lowest BCUT2D eigenvalue weighted by atomic mass is 9.98. The van der Waals surface area contributed by atoms with Gasteiger partial charge in [0.05, 0.1) is 20.3 Å². The number of hydrogen-bond donors (Lipinski definition) is 2. The van der Waals surface area contributed by atoms with E-state index in [0.29, 0.717) is 16.9 Å². The Morgan fingerprint density at radius 3 is 2.24 bits per heavy atom. The van der Waals surface area contributed by atoms with Gasteiger partial charge in [-0.1, -0.05) is 6.07 Å². The van der Waals surface area contributed by atoms with E-state index in [2.05, 4.69) is 5.43 Å². The summed E-state index contributed by atoms with van der Waals surface area (Å²) >= 11 is 0. The highest BCUT2D eigenvalue weighted by molar-refractivity contribution is 5.43. The largest absolute Gasteiger partial charge is 0.496 e. The van der Waals surface area contributed by atoms with E-state index < -0.39 is 17.7 Å². The van der Waals surface area contributed by atoms with Gasteiger partial charge in [0.1, 0.15) is 11.6 Å². The summed E-state index contributed by atoms with van der Waals surface area (Å²) in [5.74, 6) is 5.18. The molecule has 2 rings (SSSR count). The minimum Gasteiger partial charge on any atom is -0.496 e. The number of rotatable bonds is 5. The van der Waals surface area contributed by atoms with Crippen molar-refractivity contribution in [3.05, 3.63) is 59.2 Å². The average molecular weight is 294 g/mol. The Labute approximate surface area is 121 Å². The molecule has 0 aliphatic heterocycles. The van der Waals surface area contributed by atoms with Gasteiger partial charge in [-0.2, -0.15) is 0 Å². The van der Waals surface area contributed by atoms with E-state index in [1.54, 1.807) is 6.07 Å². The Morgan fingerprint density at radius 1 is 1.00 bits per heavy atom. The fraction of sp³-hybridized carbons (Fsp3) is 0.200. The topological polar surface area (TPSA) is 56.5 Å². The molecule has 0 saturated heterocycles. The minimum atomic E-state index is -0.615. The molecule has 112 valence electrons. The Kier molecular flexibility index (Phi) is 4.72. The molecule has 0 heterocycles. The third-order valence-corrected chi connectivity index (χ3v) is 3.18. The quantitative estimate of drug-likeness (QED) is 0.657. The molecule has 0 bridgehead atoms. The Hall–Kier alpha value is -2.18. The molecular weight excluding hydrogens is 278 g/mol. The van der Waals surface area contributed by atoms with Gasteiger partial charge in [-0.15, -0.1) is 0 Å². The van der Waals surface area contributed by atoms with Crippen molar-refractivity contribution in [2.24, 2.45) is 5.84 Å². The number of hydrazine groups is 1. The summed E-state index contributed by atoms with van der Waals surface area (Å²) in [4.78, 5) is 0. The second-order valence-corrected chi connectivity index (χ2v) is 4.38. The van der Waals surface area contributed by atoms with Crippen LogP contribution in [-0.2, 0) is 0 Å². The van der Waals surface area contributed by atoms with Crippen LogP contribution in [0.4, 0.5) is 8.78 Å². The van der Waals surface area contributed by atoms with Crippen LogP contribution in [0.5, 0.6) is 11.5 Å². The molecule has 0 aliphatic carbocycles. The van der Waals surface area contributed by atoms with Crippen molar-refractivity contribution in [1.82, 2.24) is 5.43 Å². The third kappa shape index (κ3) is 3.12. The summed E-state index contributed by atoms with van der Waals surface area (Å²) in [6.45, 7) is 0. The lowest BCUT2D eigenvalue weighted by Crippen LogP contribution is -2.29. The highest BCUT2D eigenvalue weighted by Gasteiger charge is 2.19. The van der Waals surface area contributed by atoms with Crippen molar-refractivity contribution in [2.75, 3.05) is 14.2 Å². The van der Waals surface area contributed by atoms with Gasteiger partial charge in [-0.05, 0) is 35.9 Å². The van der Waals surface area contributed by atoms with Crippen LogP contribution in [0.3, 0.4) is 0 Å². The third-order valence-electron chi connectivity index (χ3n) is 3.18. The predicted molar refractivity (Wildman–Crippen MR) is 75.1 cm³/mol. The van der Waals surface area contributed by atoms with Gasteiger partial charge in [0.15, 0.2) is 11.6 Å². The molecule has 3 N–H and O–H groups in total. The maximum absolute atomic E-state index is 13.8. The minimum absolute atomic E-state index is 0.126. The van der Waals surface area contributed by atoms with E-state index in [-0.39, 0.29) is 5.75 Å². The van der Waals surface area contributed by atoms with E-state index in [9.17, 15) is 8.78 Å². The van der Waals surface area contributed by atoms with Crippen LogP contribution in [0.25, 0.3) is 0 Å². The normalized spacial score (nSPS) is 12.0. The van der Waals surface area contributed by atoms with E-state index in [1.807, 2.05) is 0 Å². The van der Waals surface area contributed by atoms with Gasteiger partial charge in [-0.3, -0.25) is 5.84 Å². The van der Waals surface area contributed by atoms with E-state index in [1.165, 1.54) is 44.6 Å². The number of benzene rings is 2. The number of halogens is 2. The molecule has 0 saturated carbocycles. The summed E-state index contributed by atoms with van der Waals surface area (Å²) in [6.07, 6.45) is 0. The van der Waals surface area contributed by atoms with E-state index >= 15 is 0 Å². The molecule has 0 spiro atoms. The van der Waals surface area contributed by atoms with Gasteiger partial charge in [0, 0.05) is 5.56 Å². The number of ether oxygens (including phenoxy) is 2. The van der Waals surface area contributed by atoms with E-state index in [0.717, 1.165) is 0 Å². The SMILES string of the molecule is COc1ccc(C(NN)c2cc(F)ccc2OC)cc1F. The Morgan fingerprint density at radius 2 is 1.67 bits per heavy atom. The molecule has 1 unspecified atom stereocenters. The first-order valence-electron chi connectivity index (χ1n) is 6.23. The van der Waals surface area contributed by atoms with Crippen LogP contribution < -0.4 is 20.7 Å². The van der Waals surface area contributed by atoms with E-state index in [4.69, 9.17) is 15.3 Å². The molecular formula is C15H16F2N2O2. The molecule has 2 aromatic carbocycles. The fourth-order valence-electron chi connectivity index (χ4n) is 2.16. The number of hydrogen-bond acceptors (Lipinski definition) is 4. The zero-order chi connectivity index (χ0) is 15.4. The molecule has 0 aliphatic rings. The first-order valence-corrected chi connectivity index (χ1v) is 6.23. The van der Waals surface area contributed by atoms with Gasteiger partial charge >= 0.3 is 0 Å². The molecule has 0 amide bonds. The first kappa shape index (κ1) is 15.2. The lowest BCUT2D eigenvalue weighted by Gasteiger charge is -2.20. The second-order valence-electron chi connectivity index (χ2n) is 4.38. The molecule has 2 aromatic rings. The van der Waals surface area contributed by atoms with Crippen LogP contribution in [-0.4, -0.2) is 14.2 Å². The average Bonchev–Trinajstić information content (AvgIpc) is 2.48. The van der Waals surface area contributed by atoms with Crippen molar-refractivity contribution in [3.8, 4) is 11.5 Å². The lowest BCUT2D eigenvalue weighted by molar-refractivity contribution is 0.385. The summed E-state index contributed by atoms with van der Waals surface area (Å²) in [6, 6.07) is 7.88. The number of methoxy groups -OCH3 is 2. The molecule has 0 fully saturated rings. The zero-order valence-electron chi connectivity index (χ0n) is 11.7. The fourth-order valence-corrected chi connectivity index (χ4v) is 2.16. The van der Waals surface area contributed by atoms with Crippen molar-refractivity contribution in [1.29, 1.82) is 0 Å². The molecule has 1 atom stereocenters. The van der Waals surface area contributed by atoms with Crippen molar-refractivity contribution in [2.45, 2.75) is 6.04 Å². The standard InChI is InChI=1S/C15H16F2N2O2/c1-20-13-6-4-10(16)8-11(13)15(19-18)9-3-5-14(21-2)12(17)7-9/h3-8,15,19H,18H2,1-2H3. The summed E-state index contributed by atoms with van der Waals surface area (Å²) in [5.41, 5.74) is 3.55. The van der Waals surface area contributed by atoms with Gasteiger partial charge in [0.25, 0.3) is 0 Å². The number of nitrogens with one attached hydrogen (secondary N) is 1. The summed E-state index contributed by atoms with van der Waals surface area (Å²) < 4.78 is 37.4. The molecule has 4 nitrogen and oxygen atoms in total. The van der Waals surface area contributed by atoms with Gasteiger partial charge in [-0.25, -0.2) is 14.2 Å². The highest BCUT2D eigenvalue weighted by atomic mass is 19.1. The molecule has 21 heavy (non-hydrogen) atoms. The Bertz CT molecular complexity index is 635. The molecule has 0 radical (unpaired) electrons. The monoisotopic (exact) mass is 294 g/mol. The van der Waals surface area contributed by atoms with Crippen LogP contribution in [0.1, 0.15) is 17.2 Å². The van der Waals surface area contributed by atoms with Gasteiger partial charge < -0.3 is 9.47 Å². The summed E-state index contributed by atoms with van der Waals surface area (Å²) in [7, 11) is 2.85. The van der Waals surface area contributed by atoms with Crippen molar-refractivity contribution in [3.63, 3.8) is 0 Å². The van der Waals surface area contributed by atoms with Gasteiger partial charge in [0.2, 0.25) is 0 Å². The number of nitrogens with two attached hydrogens (primary N) is 1. The molecule has 0 aromatic heterocycles. The Balaban J connectivity index is 2.49. The maximum atomic E-state index is 13.8. The van der Waals surface area contributed by atoms with Crippen LogP contribution in [0.2, 0.25) is 0 Å². The molecule has 6 heteroatoms. The smallest absolute Gasteiger partial charge is 0.165 e. The van der Waals surface area contributed by atoms with Crippen LogP contribution >= 0.6 is 0 Å².